The van der Waals surface area contributed by atoms with E-state index in [4.69, 9.17) is 0 Å². The Balaban J connectivity index is 1.49. The van der Waals surface area contributed by atoms with Gasteiger partial charge in [0.1, 0.15) is 0 Å². The summed E-state index contributed by atoms with van der Waals surface area (Å²) in [4.78, 5) is 15.1. The Hall–Kier alpha value is -1.44. The highest BCUT2D eigenvalue weighted by atomic mass is 32.2. The van der Waals surface area contributed by atoms with Crippen LogP contribution in [-0.4, -0.2) is 61.5 Å². The molecule has 1 fully saturated rings. The average Bonchev–Trinajstić information content (AvgIpc) is 2.74. The Kier molecular flexibility index (Phi) is 7.12. The first kappa shape index (κ1) is 21.3. The summed E-state index contributed by atoms with van der Waals surface area (Å²) in [6.07, 6.45) is 3.28. The van der Waals surface area contributed by atoms with Gasteiger partial charge < -0.3 is 5.32 Å². The van der Waals surface area contributed by atoms with Crippen molar-refractivity contribution in [2.75, 3.05) is 31.9 Å². The van der Waals surface area contributed by atoms with Crippen molar-refractivity contribution < 1.29 is 13.2 Å². The molecule has 0 aliphatic carbocycles. The first-order valence-electron chi connectivity index (χ1n) is 10.5. The van der Waals surface area contributed by atoms with Crippen molar-refractivity contribution in [3.63, 3.8) is 0 Å². The quantitative estimate of drug-likeness (QED) is 0.751. The van der Waals surface area contributed by atoms with Crippen LogP contribution in [0.15, 0.2) is 24.3 Å². The van der Waals surface area contributed by atoms with E-state index in [-0.39, 0.29) is 17.6 Å². The van der Waals surface area contributed by atoms with Crippen LogP contribution in [0.5, 0.6) is 0 Å². The second kappa shape index (κ2) is 9.37. The number of amides is 1. The molecular weight excluding hydrogens is 374 g/mol. The van der Waals surface area contributed by atoms with Crippen molar-refractivity contribution in [2.45, 2.75) is 52.1 Å². The Bertz CT molecular complexity index is 773. The fourth-order valence-electron chi connectivity index (χ4n) is 4.30. The Morgan fingerprint density at radius 2 is 1.82 bits per heavy atom. The minimum absolute atomic E-state index is 0.0735. The van der Waals surface area contributed by atoms with Crippen LogP contribution in [0.3, 0.4) is 0 Å². The lowest BCUT2D eigenvalue weighted by molar-refractivity contribution is -0.126. The minimum atomic E-state index is -3.14. The van der Waals surface area contributed by atoms with E-state index < -0.39 is 10.0 Å². The van der Waals surface area contributed by atoms with Gasteiger partial charge in [-0.1, -0.05) is 31.2 Å². The second-order valence-corrected chi connectivity index (χ2v) is 10.1. The van der Waals surface area contributed by atoms with Gasteiger partial charge in [-0.15, -0.1) is 0 Å². The van der Waals surface area contributed by atoms with E-state index in [0.717, 1.165) is 25.9 Å². The summed E-state index contributed by atoms with van der Waals surface area (Å²) < 4.78 is 25.5. The molecule has 0 bridgehead atoms. The fraction of sp³-hybridized carbons (Fsp3) is 0.667. The predicted molar refractivity (Wildman–Crippen MR) is 111 cm³/mol. The first-order chi connectivity index (χ1) is 13.4. The number of piperidine rings is 1. The molecule has 28 heavy (non-hydrogen) atoms. The van der Waals surface area contributed by atoms with E-state index in [1.54, 1.807) is 6.92 Å². The van der Waals surface area contributed by atoms with Crippen LogP contribution in [0, 0.1) is 5.92 Å². The standard InChI is InChI=1S/C21H33N3O3S/c1-3-20(23-12-9-17-7-5-6-8-19(17)16-23)15-22-21(25)18-10-13-24(14-11-18)28(26,27)4-2/h5-8,18,20H,3-4,9-16H2,1-2H3,(H,22,25)/t20-/m1/s1. The van der Waals surface area contributed by atoms with Crippen molar-refractivity contribution in [3.8, 4) is 0 Å². The molecular formula is C21H33N3O3S. The molecule has 2 aliphatic rings. The summed E-state index contributed by atoms with van der Waals surface area (Å²) in [5.74, 6) is 0.119. The Morgan fingerprint density at radius 1 is 1.14 bits per heavy atom. The number of fused-ring (bicyclic) bond motifs is 1. The molecule has 0 saturated carbocycles. The summed E-state index contributed by atoms with van der Waals surface area (Å²) in [6.45, 7) is 7.37. The number of hydrogen-bond acceptors (Lipinski definition) is 4. The van der Waals surface area contributed by atoms with Crippen LogP contribution in [0.25, 0.3) is 0 Å². The molecule has 0 unspecified atom stereocenters. The first-order valence-corrected chi connectivity index (χ1v) is 12.1. The van der Waals surface area contributed by atoms with Gasteiger partial charge in [-0.05, 0) is 43.7 Å². The van der Waals surface area contributed by atoms with Gasteiger partial charge in [0.25, 0.3) is 0 Å². The number of carbonyl (C=O) groups excluding carboxylic acids is 1. The van der Waals surface area contributed by atoms with Crippen molar-refractivity contribution in [2.24, 2.45) is 5.92 Å². The predicted octanol–water partition coefficient (Wildman–Crippen LogP) is 2.00. The largest absolute Gasteiger partial charge is 0.354 e. The van der Waals surface area contributed by atoms with Gasteiger partial charge in [0.15, 0.2) is 0 Å². The topological polar surface area (TPSA) is 69.7 Å². The van der Waals surface area contributed by atoms with Gasteiger partial charge in [-0.3, -0.25) is 9.69 Å². The fourth-order valence-corrected chi connectivity index (χ4v) is 5.43. The van der Waals surface area contributed by atoms with Crippen molar-refractivity contribution in [1.82, 2.24) is 14.5 Å². The zero-order valence-electron chi connectivity index (χ0n) is 17.1. The van der Waals surface area contributed by atoms with Crippen LogP contribution in [-0.2, 0) is 27.8 Å². The molecule has 0 radical (unpaired) electrons. The third kappa shape index (κ3) is 4.93. The van der Waals surface area contributed by atoms with Crippen LogP contribution in [0.2, 0.25) is 0 Å². The molecule has 1 saturated heterocycles. The molecule has 1 amide bonds. The van der Waals surface area contributed by atoms with Gasteiger partial charge in [0.05, 0.1) is 5.75 Å². The number of rotatable bonds is 7. The molecule has 3 rings (SSSR count). The molecule has 6 nitrogen and oxygen atoms in total. The lowest BCUT2D eigenvalue weighted by atomic mass is 9.96. The number of nitrogens with zero attached hydrogens (tertiary/aromatic N) is 2. The number of hydrogen-bond donors (Lipinski definition) is 1. The molecule has 0 aromatic heterocycles. The molecule has 2 aliphatic heterocycles. The SMILES string of the molecule is CC[C@H](CNC(=O)C1CCN(S(=O)(=O)CC)CC1)N1CCc2ccccc2C1. The monoisotopic (exact) mass is 407 g/mol. The maximum Gasteiger partial charge on any atom is 0.223 e. The summed E-state index contributed by atoms with van der Waals surface area (Å²) in [5, 5.41) is 3.14. The van der Waals surface area contributed by atoms with Crippen LogP contribution >= 0.6 is 0 Å². The molecule has 0 spiro atoms. The van der Waals surface area contributed by atoms with E-state index >= 15 is 0 Å². The van der Waals surface area contributed by atoms with Gasteiger partial charge >= 0.3 is 0 Å². The lowest BCUT2D eigenvalue weighted by Gasteiger charge is -2.36. The average molecular weight is 408 g/mol. The van der Waals surface area contributed by atoms with Gasteiger partial charge in [-0.2, -0.15) is 0 Å². The number of carbonyl (C=O) groups is 1. The van der Waals surface area contributed by atoms with Gasteiger partial charge in [-0.25, -0.2) is 12.7 Å². The van der Waals surface area contributed by atoms with Gasteiger partial charge in [0, 0.05) is 44.7 Å². The molecule has 2 heterocycles. The minimum Gasteiger partial charge on any atom is -0.354 e. The molecule has 7 heteroatoms. The van der Waals surface area contributed by atoms with Crippen LogP contribution < -0.4 is 5.32 Å². The highest BCUT2D eigenvalue weighted by Crippen LogP contribution is 2.22. The van der Waals surface area contributed by atoms with Crippen molar-refractivity contribution >= 4 is 15.9 Å². The third-order valence-corrected chi connectivity index (χ3v) is 8.12. The summed E-state index contributed by atoms with van der Waals surface area (Å²) in [7, 11) is -3.14. The molecule has 1 atom stereocenters. The highest BCUT2D eigenvalue weighted by molar-refractivity contribution is 7.89. The second-order valence-electron chi connectivity index (χ2n) is 7.87. The van der Waals surface area contributed by atoms with E-state index in [1.807, 2.05) is 0 Å². The normalized spacial score (nSPS) is 20.5. The maximum absolute atomic E-state index is 12.6. The van der Waals surface area contributed by atoms with Crippen LogP contribution in [0.4, 0.5) is 0 Å². The highest BCUT2D eigenvalue weighted by Gasteiger charge is 2.30. The Labute approximate surface area is 169 Å². The zero-order chi connectivity index (χ0) is 20.1. The van der Waals surface area contributed by atoms with E-state index in [0.29, 0.717) is 38.5 Å². The summed E-state index contributed by atoms with van der Waals surface area (Å²) >= 11 is 0. The molecule has 1 aromatic carbocycles. The summed E-state index contributed by atoms with van der Waals surface area (Å²) in [6, 6.07) is 8.93. The number of nitrogens with one attached hydrogen (secondary N) is 1. The zero-order valence-corrected chi connectivity index (χ0v) is 17.9. The third-order valence-electron chi connectivity index (χ3n) is 6.24. The number of sulfonamides is 1. The van der Waals surface area contributed by atoms with Crippen molar-refractivity contribution in [1.29, 1.82) is 0 Å². The molecule has 1 N–H and O–H groups in total. The summed E-state index contributed by atoms with van der Waals surface area (Å²) in [5.41, 5.74) is 2.83. The lowest BCUT2D eigenvalue weighted by Crippen LogP contribution is -2.48. The van der Waals surface area contributed by atoms with Crippen LogP contribution in [0.1, 0.15) is 44.2 Å². The molecule has 156 valence electrons. The molecule has 1 aromatic rings. The Morgan fingerprint density at radius 3 is 2.46 bits per heavy atom. The smallest absolute Gasteiger partial charge is 0.223 e. The number of benzene rings is 1. The van der Waals surface area contributed by atoms with E-state index in [2.05, 4.69) is 41.4 Å². The van der Waals surface area contributed by atoms with E-state index in [9.17, 15) is 13.2 Å². The van der Waals surface area contributed by atoms with Crippen molar-refractivity contribution in [3.05, 3.63) is 35.4 Å². The van der Waals surface area contributed by atoms with Gasteiger partial charge in [0.2, 0.25) is 15.9 Å². The van der Waals surface area contributed by atoms with E-state index in [1.165, 1.54) is 15.4 Å². The maximum atomic E-state index is 12.6.